The van der Waals surface area contributed by atoms with Gasteiger partial charge >= 0.3 is 0 Å². The maximum absolute atomic E-state index is 14.0. The van der Waals surface area contributed by atoms with Crippen LogP contribution >= 0.6 is 0 Å². The molecule has 154 valence electrons. The molecule has 0 spiro atoms. The van der Waals surface area contributed by atoms with Crippen LogP contribution in [0.4, 0.5) is 0 Å². The number of aromatic nitrogens is 1. The summed E-state index contributed by atoms with van der Waals surface area (Å²) < 4.78 is 30.2. The Morgan fingerprint density at radius 3 is 1.97 bits per heavy atom. The lowest BCUT2D eigenvalue weighted by Crippen LogP contribution is -2.16. The van der Waals surface area contributed by atoms with E-state index in [1.54, 1.807) is 12.1 Å². The summed E-state index contributed by atoms with van der Waals surface area (Å²) >= 11 is 0. The molecule has 3 nitrogen and oxygen atoms in total. The van der Waals surface area contributed by atoms with E-state index in [1.165, 1.54) is 0 Å². The SMILES string of the molecule is CCn1c(C)c(C(c2ccc(C)cc2)S(=O)(=O)c2ccc(C)cc2)c2ccccc21. The summed E-state index contributed by atoms with van der Waals surface area (Å²) in [7, 11) is -3.66. The van der Waals surface area contributed by atoms with Crippen LogP contribution in [-0.4, -0.2) is 13.0 Å². The molecule has 1 unspecified atom stereocenters. The van der Waals surface area contributed by atoms with E-state index in [0.29, 0.717) is 4.90 Å². The fraction of sp³-hybridized carbons (Fsp3) is 0.231. The van der Waals surface area contributed by atoms with Crippen molar-refractivity contribution in [2.75, 3.05) is 0 Å². The zero-order valence-corrected chi connectivity index (χ0v) is 18.7. The number of hydrogen-bond acceptors (Lipinski definition) is 2. The zero-order valence-electron chi connectivity index (χ0n) is 17.9. The van der Waals surface area contributed by atoms with Gasteiger partial charge in [-0.3, -0.25) is 0 Å². The number of sulfone groups is 1. The largest absolute Gasteiger partial charge is 0.345 e. The molecule has 1 aromatic heterocycles. The second kappa shape index (κ2) is 7.77. The number of aryl methyl sites for hydroxylation is 3. The number of para-hydroxylation sites is 1. The van der Waals surface area contributed by atoms with Gasteiger partial charge in [0.2, 0.25) is 0 Å². The first-order chi connectivity index (χ1) is 14.3. The van der Waals surface area contributed by atoms with E-state index in [0.717, 1.165) is 45.4 Å². The molecule has 0 radical (unpaired) electrons. The van der Waals surface area contributed by atoms with E-state index in [-0.39, 0.29) is 0 Å². The molecule has 4 heteroatoms. The minimum absolute atomic E-state index is 0.353. The molecule has 4 aromatic rings. The zero-order chi connectivity index (χ0) is 21.5. The topological polar surface area (TPSA) is 39.1 Å². The Bertz CT molecular complexity index is 1300. The van der Waals surface area contributed by atoms with E-state index < -0.39 is 15.1 Å². The van der Waals surface area contributed by atoms with Crippen LogP contribution in [0.5, 0.6) is 0 Å². The molecule has 30 heavy (non-hydrogen) atoms. The van der Waals surface area contributed by atoms with E-state index in [9.17, 15) is 8.42 Å². The van der Waals surface area contributed by atoms with Crippen LogP contribution < -0.4 is 0 Å². The van der Waals surface area contributed by atoms with Crippen LogP contribution in [0.25, 0.3) is 10.9 Å². The Balaban J connectivity index is 2.05. The Hall–Kier alpha value is -2.85. The minimum Gasteiger partial charge on any atom is -0.345 e. The number of rotatable bonds is 5. The molecule has 0 aliphatic carbocycles. The number of nitrogens with zero attached hydrogens (tertiary/aromatic N) is 1. The highest BCUT2D eigenvalue weighted by molar-refractivity contribution is 7.92. The van der Waals surface area contributed by atoms with Crippen molar-refractivity contribution in [3.05, 3.63) is 101 Å². The predicted octanol–water partition coefficient (Wildman–Crippen LogP) is 6.15. The average Bonchev–Trinajstić information content (AvgIpc) is 3.01. The van der Waals surface area contributed by atoms with Crippen molar-refractivity contribution in [1.29, 1.82) is 0 Å². The van der Waals surface area contributed by atoms with Crippen LogP contribution in [0.1, 0.15) is 40.1 Å². The molecule has 0 saturated heterocycles. The van der Waals surface area contributed by atoms with Gasteiger partial charge in [-0.25, -0.2) is 8.42 Å². The molecule has 1 heterocycles. The number of benzene rings is 3. The van der Waals surface area contributed by atoms with Gasteiger partial charge < -0.3 is 4.57 Å². The van der Waals surface area contributed by atoms with Crippen LogP contribution in [0.2, 0.25) is 0 Å². The van der Waals surface area contributed by atoms with Crippen molar-refractivity contribution in [3.63, 3.8) is 0 Å². The van der Waals surface area contributed by atoms with Crippen LogP contribution in [-0.2, 0) is 16.4 Å². The quantitative estimate of drug-likeness (QED) is 0.391. The number of fused-ring (bicyclic) bond motifs is 1. The molecule has 0 bridgehead atoms. The van der Waals surface area contributed by atoms with Crippen LogP contribution in [0.15, 0.2) is 77.7 Å². The molecular weight excluding hydrogens is 390 g/mol. The summed E-state index contributed by atoms with van der Waals surface area (Å²) in [6.07, 6.45) is 0. The van der Waals surface area contributed by atoms with Gasteiger partial charge in [0.25, 0.3) is 0 Å². The lowest BCUT2D eigenvalue weighted by molar-refractivity contribution is 0.588. The molecule has 3 aromatic carbocycles. The monoisotopic (exact) mass is 417 g/mol. The van der Waals surface area contributed by atoms with Crippen LogP contribution in [0, 0.1) is 20.8 Å². The van der Waals surface area contributed by atoms with Gasteiger partial charge in [0.1, 0.15) is 5.25 Å². The van der Waals surface area contributed by atoms with Gasteiger partial charge in [0.05, 0.1) is 4.90 Å². The molecule has 0 saturated carbocycles. The van der Waals surface area contributed by atoms with Crippen LogP contribution in [0.3, 0.4) is 0 Å². The van der Waals surface area contributed by atoms with Crippen molar-refractivity contribution >= 4 is 20.7 Å². The normalized spacial score (nSPS) is 12.9. The first-order valence-corrected chi connectivity index (χ1v) is 11.8. The highest BCUT2D eigenvalue weighted by Crippen LogP contribution is 2.41. The third-order valence-electron chi connectivity index (χ3n) is 5.90. The lowest BCUT2D eigenvalue weighted by atomic mass is 10.0. The molecule has 0 amide bonds. The van der Waals surface area contributed by atoms with Gasteiger partial charge in [-0.2, -0.15) is 0 Å². The lowest BCUT2D eigenvalue weighted by Gasteiger charge is -2.20. The van der Waals surface area contributed by atoms with E-state index >= 15 is 0 Å². The highest BCUT2D eigenvalue weighted by Gasteiger charge is 2.34. The van der Waals surface area contributed by atoms with Gasteiger partial charge in [0, 0.05) is 28.7 Å². The summed E-state index contributed by atoms with van der Waals surface area (Å²) in [5, 5.41) is 0.233. The minimum atomic E-state index is -3.66. The van der Waals surface area contributed by atoms with Crippen molar-refractivity contribution in [2.24, 2.45) is 0 Å². The molecule has 0 aliphatic rings. The summed E-state index contributed by atoms with van der Waals surface area (Å²) in [6, 6.07) is 23.1. The maximum Gasteiger partial charge on any atom is 0.189 e. The second-order valence-electron chi connectivity index (χ2n) is 7.91. The number of hydrogen-bond donors (Lipinski definition) is 0. The molecular formula is C26H27NO2S. The van der Waals surface area contributed by atoms with E-state index in [4.69, 9.17) is 0 Å². The van der Waals surface area contributed by atoms with Gasteiger partial charge in [-0.1, -0.05) is 65.7 Å². The summed E-state index contributed by atoms with van der Waals surface area (Å²) in [5.74, 6) is 0. The molecule has 0 aliphatic heterocycles. The highest BCUT2D eigenvalue weighted by atomic mass is 32.2. The van der Waals surface area contributed by atoms with Crippen molar-refractivity contribution in [1.82, 2.24) is 4.57 Å². The predicted molar refractivity (Wildman–Crippen MR) is 124 cm³/mol. The van der Waals surface area contributed by atoms with Crippen molar-refractivity contribution in [2.45, 2.75) is 44.4 Å². The van der Waals surface area contributed by atoms with E-state index in [1.807, 2.05) is 75.4 Å². The first kappa shape index (κ1) is 20.4. The fourth-order valence-electron chi connectivity index (χ4n) is 4.30. The maximum atomic E-state index is 14.0. The Labute approximate surface area is 178 Å². The second-order valence-corrected chi connectivity index (χ2v) is 9.94. The third-order valence-corrected chi connectivity index (χ3v) is 7.96. The smallest absolute Gasteiger partial charge is 0.189 e. The Kier molecular flexibility index (Phi) is 5.29. The average molecular weight is 418 g/mol. The Morgan fingerprint density at radius 2 is 1.37 bits per heavy atom. The van der Waals surface area contributed by atoms with Gasteiger partial charge in [0.15, 0.2) is 9.84 Å². The van der Waals surface area contributed by atoms with Gasteiger partial charge in [-0.15, -0.1) is 0 Å². The van der Waals surface area contributed by atoms with Crippen molar-refractivity contribution < 1.29 is 8.42 Å². The fourth-order valence-corrected chi connectivity index (χ4v) is 6.21. The Morgan fingerprint density at radius 1 is 0.800 bits per heavy atom. The standard InChI is InChI=1S/C26H27NO2S/c1-5-27-20(4)25(23-8-6-7-9-24(23)27)26(21-14-10-18(2)11-15-21)30(28,29)22-16-12-19(3)13-17-22/h6-17,26H,5H2,1-4H3. The molecule has 0 N–H and O–H groups in total. The van der Waals surface area contributed by atoms with E-state index in [2.05, 4.69) is 17.6 Å². The van der Waals surface area contributed by atoms with Gasteiger partial charge in [-0.05, 0) is 51.5 Å². The third kappa shape index (κ3) is 3.35. The molecule has 0 fully saturated rings. The molecule has 4 rings (SSSR count). The summed E-state index contributed by atoms with van der Waals surface area (Å²) in [5.41, 5.74) is 5.89. The van der Waals surface area contributed by atoms with Crippen molar-refractivity contribution in [3.8, 4) is 0 Å². The summed E-state index contributed by atoms with van der Waals surface area (Å²) in [4.78, 5) is 0.353. The molecule has 1 atom stereocenters. The summed E-state index contributed by atoms with van der Waals surface area (Å²) in [6.45, 7) is 8.90. The first-order valence-electron chi connectivity index (χ1n) is 10.3.